The van der Waals surface area contributed by atoms with Crippen LogP contribution in [0.1, 0.15) is 50.5 Å². The van der Waals surface area contributed by atoms with Gasteiger partial charge in [-0.1, -0.05) is 12.1 Å². The minimum Gasteiger partial charge on any atom is -0.492 e. The molecule has 1 aliphatic carbocycles. The summed E-state index contributed by atoms with van der Waals surface area (Å²) in [6.45, 7) is 4.64. The number of ketones is 1. The van der Waals surface area contributed by atoms with Crippen LogP contribution < -0.4 is 10.1 Å². The number of nitrogens with one attached hydrogen (secondary N) is 2. The molecule has 0 radical (unpaired) electrons. The number of Topliss-reactive ketones (excluding diaryl/α,β-unsaturated/α-hetero) is 1. The quantitative estimate of drug-likeness (QED) is 0.830. The maximum absolute atomic E-state index is 12.3. The number of rotatable bonds is 5. The van der Waals surface area contributed by atoms with Gasteiger partial charge in [0, 0.05) is 17.7 Å². The van der Waals surface area contributed by atoms with Crippen LogP contribution in [0, 0.1) is 13.8 Å². The van der Waals surface area contributed by atoms with Crippen molar-refractivity contribution >= 4 is 11.7 Å². The maximum Gasteiger partial charge on any atom is 0.268 e. The van der Waals surface area contributed by atoms with Crippen molar-refractivity contribution in [3.05, 3.63) is 52.3 Å². The first-order valence-electron chi connectivity index (χ1n) is 8.28. The molecule has 0 unspecified atom stereocenters. The van der Waals surface area contributed by atoms with Crippen molar-refractivity contribution in [1.29, 1.82) is 0 Å². The Balaban J connectivity index is 1.57. The Kier molecular flexibility index (Phi) is 4.69. The van der Waals surface area contributed by atoms with Gasteiger partial charge in [-0.15, -0.1) is 0 Å². The Morgan fingerprint density at radius 1 is 1.29 bits per heavy atom. The van der Waals surface area contributed by atoms with Crippen LogP contribution in [0.5, 0.6) is 5.75 Å². The van der Waals surface area contributed by atoms with Crippen molar-refractivity contribution in [2.45, 2.75) is 33.1 Å². The van der Waals surface area contributed by atoms with Gasteiger partial charge in [0.15, 0.2) is 5.78 Å². The maximum atomic E-state index is 12.3. The summed E-state index contributed by atoms with van der Waals surface area (Å²) in [5, 5.41) is 2.84. The highest BCUT2D eigenvalue weighted by Crippen LogP contribution is 2.26. The molecule has 5 nitrogen and oxygen atoms in total. The number of fused-ring (bicyclic) bond motifs is 1. The molecule has 5 heteroatoms. The van der Waals surface area contributed by atoms with E-state index in [1.165, 1.54) is 0 Å². The molecular weight excluding hydrogens is 304 g/mol. The number of hydrogen-bond acceptors (Lipinski definition) is 3. The van der Waals surface area contributed by atoms with Crippen LogP contribution >= 0.6 is 0 Å². The first-order chi connectivity index (χ1) is 11.6. The Labute approximate surface area is 141 Å². The highest BCUT2D eigenvalue weighted by Gasteiger charge is 2.26. The number of hydrogen-bond donors (Lipinski definition) is 2. The summed E-state index contributed by atoms with van der Waals surface area (Å²) in [6, 6.07) is 7.79. The fourth-order valence-corrected chi connectivity index (χ4v) is 3.13. The third-order valence-corrected chi connectivity index (χ3v) is 4.31. The van der Waals surface area contributed by atoms with Crippen LogP contribution in [-0.2, 0) is 6.42 Å². The van der Waals surface area contributed by atoms with Gasteiger partial charge in [-0.3, -0.25) is 9.59 Å². The normalized spacial score (nSPS) is 13.5. The van der Waals surface area contributed by atoms with Crippen molar-refractivity contribution in [2.75, 3.05) is 13.2 Å². The van der Waals surface area contributed by atoms with E-state index in [0.717, 1.165) is 35.4 Å². The van der Waals surface area contributed by atoms with Gasteiger partial charge in [-0.25, -0.2) is 0 Å². The predicted octanol–water partition coefficient (Wildman–Crippen LogP) is 2.96. The average molecular weight is 326 g/mol. The predicted molar refractivity (Wildman–Crippen MR) is 91.8 cm³/mol. The molecule has 0 saturated carbocycles. The third kappa shape index (κ3) is 3.35. The van der Waals surface area contributed by atoms with E-state index in [1.54, 1.807) is 0 Å². The molecule has 126 valence electrons. The Morgan fingerprint density at radius 3 is 2.88 bits per heavy atom. The van der Waals surface area contributed by atoms with Crippen molar-refractivity contribution in [1.82, 2.24) is 10.3 Å². The molecule has 1 heterocycles. The topological polar surface area (TPSA) is 71.2 Å². The molecule has 0 atom stereocenters. The number of carbonyl (C=O) groups excluding carboxylic acids is 2. The molecule has 0 fully saturated rings. The van der Waals surface area contributed by atoms with Crippen LogP contribution in [-0.4, -0.2) is 29.8 Å². The second-order valence-corrected chi connectivity index (χ2v) is 6.18. The van der Waals surface area contributed by atoms with Gasteiger partial charge in [-0.2, -0.15) is 0 Å². The molecule has 0 saturated heterocycles. The van der Waals surface area contributed by atoms with E-state index in [-0.39, 0.29) is 11.7 Å². The van der Waals surface area contributed by atoms with Crippen LogP contribution in [0.2, 0.25) is 0 Å². The number of ether oxygens (including phenoxy) is 1. The van der Waals surface area contributed by atoms with E-state index >= 15 is 0 Å². The van der Waals surface area contributed by atoms with Gasteiger partial charge in [0.1, 0.15) is 18.1 Å². The lowest BCUT2D eigenvalue weighted by atomic mass is 9.94. The molecule has 2 N–H and O–H groups in total. The first kappa shape index (κ1) is 16.3. The van der Waals surface area contributed by atoms with Crippen molar-refractivity contribution < 1.29 is 14.3 Å². The summed E-state index contributed by atoms with van der Waals surface area (Å²) in [7, 11) is 0. The van der Waals surface area contributed by atoms with Crippen LogP contribution in [0.15, 0.2) is 24.3 Å². The van der Waals surface area contributed by atoms with Crippen molar-refractivity contribution in [3.8, 4) is 5.75 Å². The molecule has 1 aliphatic rings. The standard InChI is InChI=1S/C19H22N2O3/c1-12-5-3-6-14(11-12)24-10-9-20-19(23)18-13(2)17-15(21-18)7-4-8-16(17)22/h3,5-6,11,21H,4,7-10H2,1-2H3,(H,20,23). The smallest absolute Gasteiger partial charge is 0.268 e. The van der Waals surface area contributed by atoms with Crippen molar-refractivity contribution in [2.24, 2.45) is 0 Å². The van der Waals surface area contributed by atoms with E-state index in [1.807, 2.05) is 38.1 Å². The lowest BCUT2D eigenvalue weighted by Gasteiger charge is -2.09. The summed E-state index contributed by atoms with van der Waals surface area (Å²) < 4.78 is 5.62. The van der Waals surface area contributed by atoms with Crippen molar-refractivity contribution in [3.63, 3.8) is 0 Å². The Morgan fingerprint density at radius 2 is 2.12 bits per heavy atom. The van der Waals surface area contributed by atoms with Gasteiger partial charge < -0.3 is 15.0 Å². The van der Waals surface area contributed by atoms with E-state index in [9.17, 15) is 9.59 Å². The highest BCUT2D eigenvalue weighted by atomic mass is 16.5. The zero-order valence-corrected chi connectivity index (χ0v) is 14.1. The zero-order chi connectivity index (χ0) is 17.1. The molecule has 1 amide bonds. The fraction of sp³-hybridized carbons (Fsp3) is 0.368. The highest BCUT2D eigenvalue weighted by molar-refractivity contribution is 6.04. The first-order valence-corrected chi connectivity index (χ1v) is 8.28. The summed E-state index contributed by atoms with van der Waals surface area (Å²) in [5.74, 6) is 0.732. The van der Waals surface area contributed by atoms with Gasteiger partial charge in [0.25, 0.3) is 5.91 Å². The SMILES string of the molecule is Cc1cccc(OCCNC(=O)c2[nH]c3c(c2C)C(=O)CCC3)c1. The Hall–Kier alpha value is -2.56. The molecule has 0 aliphatic heterocycles. The van der Waals surface area contributed by atoms with Gasteiger partial charge in [-0.05, 0) is 49.9 Å². The molecule has 0 bridgehead atoms. The largest absolute Gasteiger partial charge is 0.492 e. The van der Waals surface area contributed by atoms with E-state index in [4.69, 9.17) is 4.74 Å². The molecular formula is C19H22N2O3. The molecule has 1 aromatic heterocycles. The number of H-pyrrole nitrogens is 1. The number of aryl methyl sites for hydroxylation is 2. The van der Waals surface area contributed by atoms with E-state index in [0.29, 0.717) is 30.8 Å². The molecule has 24 heavy (non-hydrogen) atoms. The molecule has 0 spiro atoms. The van der Waals surface area contributed by atoms with Crippen LogP contribution in [0.3, 0.4) is 0 Å². The fourth-order valence-electron chi connectivity index (χ4n) is 3.13. The van der Waals surface area contributed by atoms with E-state index < -0.39 is 0 Å². The summed E-state index contributed by atoms with van der Waals surface area (Å²) in [4.78, 5) is 27.5. The number of benzene rings is 1. The zero-order valence-electron chi connectivity index (χ0n) is 14.1. The second-order valence-electron chi connectivity index (χ2n) is 6.18. The van der Waals surface area contributed by atoms with Crippen LogP contribution in [0.4, 0.5) is 0 Å². The molecule has 3 rings (SSSR count). The van der Waals surface area contributed by atoms with Gasteiger partial charge >= 0.3 is 0 Å². The summed E-state index contributed by atoms with van der Waals surface area (Å²) in [5.41, 5.74) is 3.98. The second kappa shape index (κ2) is 6.91. The number of amides is 1. The number of aromatic nitrogens is 1. The summed E-state index contributed by atoms with van der Waals surface area (Å²) >= 11 is 0. The van der Waals surface area contributed by atoms with E-state index in [2.05, 4.69) is 10.3 Å². The molecule has 1 aromatic carbocycles. The number of carbonyl (C=O) groups is 2. The Bertz CT molecular complexity index is 777. The lowest BCUT2D eigenvalue weighted by Crippen LogP contribution is -2.29. The minimum atomic E-state index is -0.192. The number of aromatic amines is 1. The molecule has 2 aromatic rings. The average Bonchev–Trinajstić information content (AvgIpc) is 2.90. The van der Waals surface area contributed by atoms with Gasteiger partial charge in [0.05, 0.1) is 6.54 Å². The van der Waals surface area contributed by atoms with Gasteiger partial charge in [0.2, 0.25) is 0 Å². The van der Waals surface area contributed by atoms with Crippen LogP contribution in [0.25, 0.3) is 0 Å². The monoisotopic (exact) mass is 326 g/mol. The third-order valence-electron chi connectivity index (χ3n) is 4.31. The minimum absolute atomic E-state index is 0.131. The lowest BCUT2D eigenvalue weighted by molar-refractivity contribution is 0.0941. The summed E-state index contributed by atoms with van der Waals surface area (Å²) in [6.07, 6.45) is 2.24.